The maximum Gasteiger partial charge on any atom is 0.407 e. The molecule has 0 bridgehead atoms. The molecule has 7 heteroatoms. The van der Waals surface area contributed by atoms with E-state index in [2.05, 4.69) is 5.32 Å². The summed E-state index contributed by atoms with van der Waals surface area (Å²) in [4.78, 5) is 11.6. The minimum Gasteiger partial charge on any atom is -0.444 e. The summed E-state index contributed by atoms with van der Waals surface area (Å²) in [5.74, 6) is 0. The van der Waals surface area contributed by atoms with E-state index in [4.69, 9.17) is 4.74 Å². The fourth-order valence-corrected chi connectivity index (χ4v) is 4.25. The third kappa shape index (κ3) is 13.4. The number of nitrogens with one attached hydrogen (secondary N) is 1. The number of aryl methyl sites for hydroxylation is 2. The number of hydrogen-bond acceptors (Lipinski definition) is 4. The van der Waals surface area contributed by atoms with E-state index in [0.717, 1.165) is 37.7 Å². The van der Waals surface area contributed by atoms with Crippen molar-refractivity contribution in [2.45, 2.75) is 109 Å². The molecule has 178 valence electrons. The highest BCUT2D eigenvalue weighted by molar-refractivity contribution is 7.85. The lowest BCUT2D eigenvalue weighted by molar-refractivity contribution is 0.0527. The minimum atomic E-state index is -4.16. The first kappa shape index (κ1) is 27.4. The average Bonchev–Trinajstić information content (AvgIpc) is 2.63. The van der Waals surface area contributed by atoms with Crippen LogP contribution < -0.4 is 5.32 Å². The second-order valence-electron chi connectivity index (χ2n) is 9.30. The number of carbonyl (C=O) groups is 1. The van der Waals surface area contributed by atoms with E-state index < -0.39 is 15.7 Å². The van der Waals surface area contributed by atoms with Crippen LogP contribution >= 0.6 is 0 Å². The minimum absolute atomic E-state index is 0.0411. The molecule has 6 nitrogen and oxygen atoms in total. The van der Waals surface area contributed by atoms with Gasteiger partial charge in [-0.3, -0.25) is 4.55 Å². The van der Waals surface area contributed by atoms with E-state index in [9.17, 15) is 17.8 Å². The highest BCUT2D eigenvalue weighted by Gasteiger charge is 2.16. The first-order valence-electron chi connectivity index (χ1n) is 11.5. The molecule has 0 atom stereocenters. The highest BCUT2D eigenvalue weighted by Crippen LogP contribution is 2.20. The molecule has 0 saturated carbocycles. The maximum atomic E-state index is 11.5. The van der Waals surface area contributed by atoms with Crippen LogP contribution in [0, 0.1) is 6.92 Å². The van der Waals surface area contributed by atoms with Gasteiger partial charge in [-0.15, -0.1) is 0 Å². The van der Waals surface area contributed by atoms with Gasteiger partial charge in [0.25, 0.3) is 10.1 Å². The van der Waals surface area contributed by atoms with Crippen LogP contribution in [-0.2, 0) is 21.3 Å². The van der Waals surface area contributed by atoms with Crippen molar-refractivity contribution in [2.24, 2.45) is 0 Å². The molecule has 0 aliphatic heterocycles. The molecule has 1 amide bonds. The van der Waals surface area contributed by atoms with Gasteiger partial charge in [0.2, 0.25) is 0 Å². The lowest BCUT2D eigenvalue weighted by atomic mass is 10.0. The summed E-state index contributed by atoms with van der Waals surface area (Å²) in [5, 5.41) is 2.79. The van der Waals surface area contributed by atoms with Gasteiger partial charge in [-0.05, 0) is 58.6 Å². The van der Waals surface area contributed by atoms with Gasteiger partial charge in [-0.1, -0.05) is 69.1 Å². The Labute approximate surface area is 188 Å². The Kier molecular flexibility index (Phi) is 12.2. The second-order valence-corrected chi connectivity index (χ2v) is 10.7. The van der Waals surface area contributed by atoms with Gasteiger partial charge >= 0.3 is 6.09 Å². The van der Waals surface area contributed by atoms with E-state index in [-0.39, 0.29) is 11.0 Å². The molecular formula is C24H41NO5S. The molecule has 0 aliphatic rings. The Morgan fingerprint density at radius 1 is 0.935 bits per heavy atom. The van der Waals surface area contributed by atoms with Crippen LogP contribution in [-0.4, -0.2) is 31.2 Å². The number of amides is 1. The van der Waals surface area contributed by atoms with Crippen LogP contribution in [0.4, 0.5) is 4.79 Å². The van der Waals surface area contributed by atoms with E-state index >= 15 is 0 Å². The van der Waals surface area contributed by atoms with Crippen LogP contribution in [0.2, 0.25) is 0 Å². The maximum absolute atomic E-state index is 11.5. The predicted octanol–water partition coefficient (Wildman–Crippen LogP) is 6.21. The van der Waals surface area contributed by atoms with E-state index in [1.807, 2.05) is 33.8 Å². The zero-order valence-electron chi connectivity index (χ0n) is 19.7. The lowest BCUT2D eigenvalue weighted by Crippen LogP contribution is -2.32. The largest absolute Gasteiger partial charge is 0.444 e. The van der Waals surface area contributed by atoms with Gasteiger partial charge < -0.3 is 10.1 Å². The number of ether oxygens (including phenoxy) is 1. The number of rotatable bonds is 14. The van der Waals surface area contributed by atoms with Crippen LogP contribution in [0.1, 0.15) is 96.1 Å². The Morgan fingerprint density at radius 3 is 1.97 bits per heavy atom. The molecule has 0 spiro atoms. The van der Waals surface area contributed by atoms with Crippen LogP contribution in [0.25, 0.3) is 0 Å². The van der Waals surface area contributed by atoms with Crippen molar-refractivity contribution in [3.05, 3.63) is 29.3 Å². The van der Waals surface area contributed by atoms with Crippen LogP contribution in [0.5, 0.6) is 0 Å². The van der Waals surface area contributed by atoms with E-state index in [1.54, 1.807) is 6.07 Å². The van der Waals surface area contributed by atoms with Gasteiger partial charge in [-0.25, -0.2) is 4.79 Å². The van der Waals surface area contributed by atoms with Gasteiger partial charge in [0.15, 0.2) is 0 Å². The first-order valence-corrected chi connectivity index (χ1v) is 13.0. The molecular weight excluding hydrogens is 414 g/mol. The summed E-state index contributed by atoms with van der Waals surface area (Å²) >= 11 is 0. The Hall–Kier alpha value is -1.60. The Morgan fingerprint density at radius 2 is 1.45 bits per heavy atom. The van der Waals surface area contributed by atoms with Gasteiger partial charge in [0.1, 0.15) is 5.60 Å². The van der Waals surface area contributed by atoms with Crippen LogP contribution in [0.15, 0.2) is 23.1 Å². The molecule has 0 saturated heterocycles. The number of unbranched alkanes of at least 4 members (excludes halogenated alkanes) is 9. The van der Waals surface area contributed by atoms with Crippen molar-refractivity contribution in [2.75, 3.05) is 6.54 Å². The molecule has 1 aromatic carbocycles. The Balaban J connectivity index is 2.01. The molecule has 0 aromatic heterocycles. The fourth-order valence-electron chi connectivity index (χ4n) is 3.51. The van der Waals surface area contributed by atoms with Gasteiger partial charge in [0, 0.05) is 6.54 Å². The number of carbonyl (C=O) groups excluding carboxylic acids is 1. The van der Waals surface area contributed by atoms with Crippen LogP contribution in [0.3, 0.4) is 0 Å². The predicted molar refractivity (Wildman–Crippen MR) is 125 cm³/mol. The zero-order chi connectivity index (χ0) is 23.3. The molecule has 31 heavy (non-hydrogen) atoms. The quantitative estimate of drug-likeness (QED) is 0.257. The SMILES string of the molecule is Cc1ccc(S(=O)(=O)O)c(CCCCCCCCCCCCNC(=O)OC(C)(C)C)c1. The molecule has 0 unspecified atom stereocenters. The third-order valence-corrected chi connectivity index (χ3v) is 5.99. The van der Waals surface area contributed by atoms with Gasteiger partial charge in [-0.2, -0.15) is 8.42 Å². The summed E-state index contributed by atoms with van der Waals surface area (Å²) in [6, 6.07) is 5.06. The summed E-state index contributed by atoms with van der Waals surface area (Å²) in [7, 11) is -4.16. The average molecular weight is 456 g/mol. The number of hydrogen-bond donors (Lipinski definition) is 2. The third-order valence-electron chi connectivity index (χ3n) is 5.04. The molecule has 0 fully saturated rings. The molecule has 0 aliphatic carbocycles. The topological polar surface area (TPSA) is 92.7 Å². The monoisotopic (exact) mass is 455 g/mol. The first-order chi connectivity index (χ1) is 14.5. The molecule has 2 N–H and O–H groups in total. The van der Waals surface area contributed by atoms with Crippen molar-refractivity contribution in [3.8, 4) is 0 Å². The van der Waals surface area contributed by atoms with Crippen molar-refractivity contribution >= 4 is 16.2 Å². The fraction of sp³-hybridized carbons (Fsp3) is 0.708. The Bertz CT molecular complexity index is 769. The zero-order valence-corrected chi connectivity index (χ0v) is 20.5. The lowest BCUT2D eigenvalue weighted by Gasteiger charge is -2.19. The standard InChI is InChI=1S/C24H41NO5S/c1-20-16-17-22(31(27,28)29)21(19-20)15-13-11-9-7-5-6-8-10-12-14-18-25-23(26)30-24(2,3)4/h16-17,19H,5-15,18H2,1-4H3,(H,25,26)(H,27,28,29). The van der Waals surface area contributed by atoms with E-state index in [1.165, 1.54) is 38.2 Å². The van der Waals surface area contributed by atoms with Crippen molar-refractivity contribution in [1.82, 2.24) is 5.32 Å². The summed E-state index contributed by atoms with van der Waals surface area (Å²) in [6.07, 6.45) is 11.6. The molecule has 0 heterocycles. The molecule has 1 aromatic rings. The molecule has 1 rings (SSSR count). The van der Waals surface area contributed by atoms with Crippen molar-refractivity contribution in [3.63, 3.8) is 0 Å². The number of alkyl carbamates (subject to hydrolysis) is 1. The number of benzene rings is 1. The van der Waals surface area contributed by atoms with Gasteiger partial charge in [0.05, 0.1) is 4.90 Å². The van der Waals surface area contributed by atoms with Crippen molar-refractivity contribution in [1.29, 1.82) is 0 Å². The summed E-state index contributed by atoms with van der Waals surface area (Å²) in [6.45, 7) is 8.16. The van der Waals surface area contributed by atoms with Crippen molar-refractivity contribution < 1.29 is 22.5 Å². The smallest absolute Gasteiger partial charge is 0.407 e. The summed E-state index contributed by atoms with van der Waals surface area (Å²) in [5.41, 5.74) is 1.26. The highest BCUT2D eigenvalue weighted by atomic mass is 32.2. The summed E-state index contributed by atoms with van der Waals surface area (Å²) < 4.78 is 37.6. The van der Waals surface area contributed by atoms with E-state index in [0.29, 0.717) is 18.5 Å². The normalized spacial score (nSPS) is 12.0. The molecule has 0 radical (unpaired) electrons. The second kappa shape index (κ2) is 13.7.